The van der Waals surface area contributed by atoms with Crippen molar-refractivity contribution >= 4 is 15.7 Å². The van der Waals surface area contributed by atoms with E-state index in [1.165, 1.54) is 11.8 Å². The van der Waals surface area contributed by atoms with Crippen molar-refractivity contribution in [3.8, 4) is 0 Å². The molecule has 126 valence electrons. The van der Waals surface area contributed by atoms with Crippen LogP contribution in [0.3, 0.4) is 0 Å². The van der Waals surface area contributed by atoms with Gasteiger partial charge in [0.25, 0.3) is 0 Å². The quantitative estimate of drug-likeness (QED) is 0.831. The zero-order chi connectivity index (χ0) is 16.7. The number of hydrogen-bond donors (Lipinski definition) is 0. The summed E-state index contributed by atoms with van der Waals surface area (Å²) in [5.74, 6) is 0.660. The molecule has 2 fully saturated rings. The lowest BCUT2D eigenvalue weighted by Crippen LogP contribution is -2.36. The number of nitrogens with zero attached hydrogens (tertiary/aromatic N) is 1. The Morgan fingerprint density at radius 1 is 1.26 bits per heavy atom. The first-order chi connectivity index (χ1) is 10.8. The van der Waals surface area contributed by atoms with Crippen molar-refractivity contribution in [2.24, 2.45) is 5.41 Å². The average molecular weight is 335 g/mol. The molecule has 0 bridgehead atoms. The highest BCUT2D eigenvalue weighted by Crippen LogP contribution is 2.50. The van der Waals surface area contributed by atoms with Crippen molar-refractivity contribution in [2.75, 3.05) is 18.6 Å². The van der Waals surface area contributed by atoms with Crippen molar-refractivity contribution in [2.45, 2.75) is 44.6 Å². The number of benzene rings is 1. The Balaban J connectivity index is 1.64. The van der Waals surface area contributed by atoms with Crippen LogP contribution in [0.2, 0.25) is 0 Å². The minimum absolute atomic E-state index is 0.122. The van der Waals surface area contributed by atoms with E-state index in [9.17, 15) is 13.2 Å². The van der Waals surface area contributed by atoms with Crippen LogP contribution in [0.15, 0.2) is 30.3 Å². The normalized spacial score (nSPS) is 26.3. The summed E-state index contributed by atoms with van der Waals surface area (Å²) in [6.07, 6.45) is 4.34. The van der Waals surface area contributed by atoms with Gasteiger partial charge in [0.05, 0.1) is 5.75 Å². The molecule has 0 N–H and O–H groups in total. The SMILES string of the molecule is C[C@@H]1C[C@@H](c2ccccc2)CN1C(=O)CC1(CS(C)(=O)=O)CC1. The smallest absolute Gasteiger partial charge is 0.223 e. The lowest BCUT2D eigenvalue weighted by molar-refractivity contribution is -0.132. The van der Waals surface area contributed by atoms with E-state index in [2.05, 4.69) is 19.1 Å². The van der Waals surface area contributed by atoms with Crippen LogP contribution in [-0.4, -0.2) is 43.8 Å². The summed E-state index contributed by atoms with van der Waals surface area (Å²) < 4.78 is 23.1. The molecule has 0 aromatic heterocycles. The zero-order valence-electron chi connectivity index (χ0n) is 13.9. The van der Waals surface area contributed by atoms with Crippen LogP contribution in [0.25, 0.3) is 0 Å². The van der Waals surface area contributed by atoms with Crippen LogP contribution in [-0.2, 0) is 14.6 Å². The van der Waals surface area contributed by atoms with Crippen molar-refractivity contribution in [1.82, 2.24) is 4.90 Å². The Morgan fingerprint density at radius 2 is 1.91 bits per heavy atom. The molecule has 4 nitrogen and oxygen atoms in total. The standard InChI is InChI=1S/C18H25NO3S/c1-14-10-16(15-6-4-3-5-7-15)12-19(14)17(20)11-18(8-9-18)13-23(2,21)22/h3-7,14,16H,8-13H2,1-2H3/t14-,16-/m1/s1. The first-order valence-corrected chi connectivity index (χ1v) is 10.4. The second kappa shape index (κ2) is 5.93. The molecule has 1 saturated heterocycles. The van der Waals surface area contributed by atoms with Gasteiger partial charge in [-0.1, -0.05) is 30.3 Å². The highest BCUT2D eigenvalue weighted by molar-refractivity contribution is 7.90. The Bertz CT molecular complexity index is 679. The number of rotatable bonds is 5. The van der Waals surface area contributed by atoms with Crippen molar-refractivity contribution in [3.05, 3.63) is 35.9 Å². The number of carbonyl (C=O) groups excluding carboxylic acids is 1. The molecule has 1 aliphatic heterocycles. The van der Waals surface area contributed by atoms with E-state index in [4.69, 9.17) is 0 Å². The van der Waals surface area contributed by atoms with Crippen LogP contribution in [0.1, 0.15) is 44.1 Å². The third-order valence-corrected chi connectivity index (χ3v) is 6.35. The predicted molar refractivity (Wildman–Crippen MR) is 91.0 cm³/mol. The summed E-state index contributed by atoms with van der Waals surface area (Å²) in [5.41, 5.74) is 1.00. The molecule has 0 unspecified atom stereocenters. The fourth-order valence-corrected chi connectivity index (χ4v) is 5.38. The Hall–Kier alpha value is -1.36. The van der Waals surface area contributed by atoms with Gasteiger partial charge in [-0.3, -0.25) is 4.79 Å². The van der Waals surface area contributed by atoms with Gasteiger partial charge in [0.15, 0.2) is 0 Å². The largest absolute Gasteiger partial charge is 0.339 e. The van der Waals surface area contributed by atoms with E-state index in [1.807, 2.05) is 23.1 Å². The molecule has 1 aromatic carbocycles. The van der Waals surface area contributed by atoms with E-state index in [0.717, 1.165) is 25.8 Å². The molecular formula is C18H25NO3S. The molecule has 1 saturated carbocycles. The number of hydrogen-bond acceptors (Lipinski definition) is 3. The lowest BCUT2D eigenvalue weighted by atomic mass is 9.97. The van der Waals surface area contributed by atoms with Gasteiger partial charge in [-0.05, 0) is 37.2 Å². The minimum Gasteiger partial charge on any atom is -0.339 e. The maximum Gasteiger partial charge on any atom is 0.223 e. The highest BCUT2D eigenvalue weighted by atomic mass is 32.2. The monoisotopic (exact) mass is 335 g/mol. The number of amides is 1. The summed E-state index contributed by atoms with van der Waals surface area (Å²) in [5, 5.41) is 0. The zero-order valence-corrected chi connectivity index (χ0v) is 14.7. The maximum atomic E-state index is 12.7. The first kappa shape index (κ1) is 16.5. The van der Waals surface area contributed by atoms with E-state index >= 15 is 0 Å². The van der Waals surface area contributed by atoms with E-state index in [1.54, 1.807) is 0 Å². The van der Waals surface area contributed by atoms with Gasteiger partial charge in [-0.2, -0.15) is 0 Å². The summed E-state index contributed by atoms with van der Waals surface area (Å²) in [6.45, 7) is 2.84. The topological polar surface area (TPSA) is 54.5 Å². The van der Waals surface area contributed by atoms with Crippen molar-refractivity contribution < 1.29 is 13.2 Å². The van der Waals surface area contributed by atoms with Gasteiger partial charge >= 0.3 is 0 Å². The maximum absolute atomic E-state index is 12.7. The van der Waals surface area contributed by atoms with Crippen LogP contribution in [0, 0.1) is 5.41 Å². The summed E-state index contributed by atoms with van der Waals surface area (Å²) >= 11 is 0. The fourth-order valence-electron chi connectivity index (χ4n) is 3.87. The molecular weight excluding hydrogens is 310 g/mol. The number of sulfone groups is 1. The number of likely N-dealkylation sites (tertiary alicyclic amines) is 1. The summed E-state index contributed by atoms with van der Waals surface area (Å²) in [4.78, 5) is 14.7. The fraction of sp³-hybridized carbons (Fsp3) is 0.611. The molecule has 5 heteroatoms. The second-order valence-electron chi connectivity index (χ2n) is 7.49. The van der Waals surface area contributed by atoms with Gasteiger partial charge < -0.3 is 4.90 Å². The summed E-state index contributed by atoms with van der Waals surface area (Å²) in [7, 11) is -3.03. The highest BCUT2D eigenvalue weighted by Gasteiger charge is 2.48. The first-order valence-electron chi connectivity index (χ1n) is 8.30. The van der Waals surface area contributed by atoms with Crippen LogP contribution >= 0.6 is 0 Å². The van der Waals surface area contributed by atoms with Crippen LogP contribution in [0.5, 0.6) is 0 Å². The molecule has 0 spiro atoms. The van der Waals surface area contributed by atoms with Crippen molar-refractivity contribution in [3.63, 3.8) is 0 Å². The lowest BCUT2D eigenvalue weighted by Gasteiger charge is -2.24. The molecule has 2 aliphatic rings. The molecule has 3 rings (SSSR count). The molecule has 1 aromatic rings. The third kappa shape index (κ3) is 3.94. The number of carbonyl (C=O) groups is 1. The molecule has 1 aliphatic carbocycles. The average Bonchev–Trinajstić information content (AvgIpc) is 3.07. The van der Waals surface area contributed by atoms with Gasteiger partial charge in [-0.25, -0.2) is 8.42 Å². The Morgan fingerprint density at radius 3 is 2.48 bits per heavy atom. The van der Waals surface area contributed by atoms with Gasteiger partial charge in [0.1, 0.15) is 9.84 Å². The van der Waals surface area contributed by atoms with Crippen LogP contribution < -0.4 is 0 Å². The Labute approximate surface area is 138 Å². The minimum atomic E-state index is -3.03. The van der Waals surface area contributed by atoms with E-state index in [-0.39, 0.29) is 23.1 Å². The Kier molecular flexibility index (Phi) is 4.25. The third-order valence-electron chi connectivity index (χ3n) is 5.22. The van der Waals surface area contributed by atoms with Gasteiger partial charge in [0, 0.05) is 31.2 Å². The van der Waals surface area contributed by atoms with E-state index < -0.39 is 9.84 Å². The molecule has 1 heterocycles. The van der Waals surface area contributed by atoms with Gasteiger partial charge in [-0.15, -0.1) is 0 Å². The molecule has 1 amide bonds. The molecule has 2 atom stereocenters. The van der Waals surface area contributed by atoms with Gasteiger partial charge in [0.2, 0.25) is 5.91 Å². The summed E-state index contributed by atoms with van der Waals surface area (Å²) in [6, 6.07) is 10.6. The second-order valence-corrected chi connectivity index (χ2v) is 9.63. The van der Waals surface area contributed by atoms with Crippen LogP contribution in [0.4, 0.5) is 0 Å². The molecule has 0 radical (unpaired) electrons. The van der Waals surface area contributed by atoms with Crippen molar-refractivity contribution in [1.29, 1.82) is 0 Å². The molecule has 23 heavy (non-hydrogen) atoms. The predicted octanol–water partition coefficient (Wildman–Crippen LogP) is 2.61. The van der Waals surface area contributed by atoms with E-state index in [0.29, 0.717) is 12.3 Å².